The first-order chi connectivity index (χ1) is 13.9. The van der Waals surface area contributed by atoms with Gasteiger partial charge in [-0.3, -0.25) is 9.59 Å². The average molecular weight is 415 g/mol. The Labute approximate surface area is 172 Å². The van der Waals surface area contributed by atoms with E-state index in [4.69, 9.17) is 11.6 Å². The molecule has 2 atom stereocenters. The standard InChI is InChI=1S/C21H20ClFN4O2/c1-13-2-7-16(23)10-17(13)24-20(28)12-26-8-9-27-19(21(26)29)11-18(25-27)14-3-5-15(22)6-4-14/h2-10,18-19,25H,11-12H2,1H3,(H,24,28). The first kappa shape index (κ1) is 19.4. The average Bonchev–Trinajstić information content (AvgIpc) is 3.13. The molecule has 2 heterocycles. The Balaban J connectivity index is 1.41. The van der Waals surface area contributed by atoms with E-state index >= 15 is 0 Å². The van der Waals surface area contributed by atoms with E-state index in [2.05, 4.69) is 10.7 Å². The number of hydrogen-bond donors (Lipinski definition) is 2. The lowest BCUT2D eigenvalue weighted by molar-refractivity contribution is -0.137. The summed E-state index contributed by atoms with van der Waals surface area (Å²) < 4.78 is 13.4. The molecule has 0 aliphatic carbocycles. The lowest BCUT2D eigenvalue weighted by Crippen LogP contribution is -2.49. The van der Waals surface area contributed by atoms with E-state index in [1.54, 1.807) is 30.4 Å². The number of benzene rings is 2. The summed E-state index contributed by atoms with van der Waals surface area (Å²) in [4.78, 5) is 26.7. The summed E-state index contributed by atoms with van der Waals surface area (Å²) in [5, 5.41) is 5.10. The van der Waals surface area contributed by atoms with Gasteiger partial charge in [-0.15, -0.1) is 0 Å². The molecule has 8 heteroatoms. The Morgan fingerprint density at radius 2 is 2.00 bits per heavy atom. The van der Waals surface area contributed by atoms with Crippen LogP contribution in [0.15, 0.2) is 54.9 Å². The van der Waals surface area contributed by atoms with Crippen molar-refractivity contribution in [3.05, 3.63) is 76.8 Å². The Kier molecular flexibility index (Phi) is 5.25. The number of nitrogens with zero attached hydrogens (tertiary/aromatic N) is 2. The smallest absolute Gasteiger partial charge is 0.251 e. The van der Waals surface area contributed by atoms with Crippen LogP contribution in [-0.4, -0.2) is 34.3 Å². The Bertz CT molecular complexity index is 979. The summed E-state index contributed by atoms with van der Waals surface area (Å²) in [6.45, 7) is 1.64. The number of aryl methyl sites for hydroxylation is 1. The molecule has 2 aliphatic rings. The van der Waals surface area contributed by atoms with Crippen molar-refractivity contribution in [2.75, 3.05) is 11.9 Å². The minimum atomic E-state index is -0.430. The van der Waals surface area contributed by atoms with Gasteiger partial charge in [-0.1, -0.05) is 29.8 Å². The minimum Gasteiger partial charge on any atom is -0.324 e. The van der Waals surface area contributed by atoms with Crippen molar-refractivity contribution in [2.24, 2.45) is 0 Å². The van der Waals surface area contributed by atoms with E-state index in [-0.39, 0.29) is 24.4 Å². The van der Waals surface area contributed by atoms with Crippen LogP contribution in [0.2, 0.25) is 5.02 Å². The van der Waals surface area contributed by atoms with Gasteiger partial charge in [0.05, 0.1) is 6.04 Å². The number of hydrogen-bond acceptors (Lipinski definition) is 4. The predicted molar refractivity (Wildman–Crippen MR) is 108 cm³/mol. The quantitative estimate of drug-likeness (QED) is 0.805. The van der Waals surface area contributed by atoms with Crippen molar-refractivity contribution in [3.63, 3.8) is 0 Å². The summed E-state index contributed by atoms with van der Waals surface area (Å²) in [5.41, 5.74) is 5.48. The van der Waals surface area contributed by atoms with Gasteiger partial charge in [-0.05, 0) is 48.7 Å². The lowest BCUT2D eigenvalue weighted by atomic mass is 10.0. The third kappa shape index (κ3) is 4.11. The summed E-state index contributed by atoms with van der Waals surface area (Å²) in [7, 11) is 0. The second kappa shape index (κ2) is 7.85. The van der Waals surface area contributed by atoms with Crippen molar-refractivity contribution in [3.8, 4) is 0 Å². The molecule has 1 saturated heterocycles. The molecule has 2 aliphatic heterocycles. The maximum atomic E-state index is 13.4. The zero-order valence-corrected chi connectivity index (χ0v) is 16.5. The van der Waals surface area contributed by atoms with Gasteiger partial charge in [0.1, 0.15) is 18.4 Å². The third-order valence-corrected chi connectivity index (χ3v) is 5.39. The number of nitrogens with one attached hydrogen (secondary N) is 2. The summed E-state index contributed by atoms with van der Waals surface area (Å²) in [6, 6.07) is 11.3. The van der Waals surface area contributed by atoms with Gasteiger partial charge in [0.15, 0.2) is 0 Å². The molecule has 0 aromatic heterocycles. The second-order valence-electron chi connectivity index (χ2n) is 7.16. The lowest BCUT2D eigenvalue weighted by Gasteiger charge is -2.31. The molecule has 2 unspecified atom stereocenters. The van der Waals surface area contributed by atoms with Crippen LogP contribution in [0.5, 0.6) is 0 Å². The number of carbonyl (C=O) groups is 2. The highest BCUT2D eigenvalue weighted by atomic mass is 35.5. The fourth-order valence-corrected chi connectivity index (χ4v) is 3.68. The van der Waals surface area contributed by atoms with Gasteiger partial charge in [0.25, 0.3) is 5.91 Å². The van der Waals surface area contributed by atoms with E-state index in [1.165, 1.54) is 17.0 Å². The molecule has 2 N–H and O–H groups in total. The van der Waals surface area contributed by atoms with Gasteiger partial charge < -0.3 is 15.2 Å². The number of hydrazine groups is 1. The minimum absolute atomic E-state index is 0.0189. The van der Waals surface area contributed by atoms with Crippen LogP contribution in [0.25, 0.3) is 0 Å². The topological polar surface area (TPSA) is 64.7 Å². The highest BCUT2D eigenvalue weighted by Crippen LogP contribution is 2.31. The third-order valence-electron chi connectivity index (χ3n) is 5.14. The Morgan fingerprint density at radius 3 is 2.76 bits per heavy atom. The van der Waals surface area contributed by atoms with Crippen molar-refractivity contribution in [1.29, 1.82) is 0 Å². The van der Waals surface area contributed by atoms with Crippen molar-refractivity contribution >= 4 is 29.1 Å². The zero-order chi connectivity index (χ0) is 20.5. The molecule has 0 radical (unpaired) electrons. The number of anilines is 1. The molecule has 4 rings (SSSR count). The highest BCUT2D eigenvalue weighted by molar-refractivity contribution is 6.30. The monoisotopic (exact) mass is 414 g/mol. The molecule has 2 aromatic carbocycles. The summed E-state index contributed by atoms with van der Waals surface area (Å²) >= 11 is 5.95. The molecule has 0 bridgehead atoms. The SMILES string of the molecule is Cc1ccc(F)cc1NC(=O)CN1C=CN2NC(c3ccc(Cl)cc3)CC2C1=O. The molecule has 0 saturated carbocycles. The predicted octanol–water partition coefficient (Wildman–Crippen LogP) is 3.36. The van der Waals surface area contributed by atoms with E-state index in [0.29, 0.717) is 17.1 Å². The Morgan fingerprint density at radius 1 is 1.24 bits per heavy atom. The van der Waals surface area contributed by atoms with Gasteiger partial charge >= 0.3 is 0 Å². The van der Waals surface area contributed by atoms with E-state index < -0.39 is 11.9 Å². The van der Waals surface area contributed by atoms with Crippen molar-refractivity contribution in [2.45, 2.75) is 25.4 Å². The first-order valence-corrected chi connectivity index (χ1v) is 9.63. The van der Waals surface area contributed by atoms with Crippen LogP contribution < -0.4 is 10.7 Å². The molecule has 29 heavy (non-hydrogen) atoms. The van der Waals surface area contributed by atoms with Crippen LogP contribution in [0.3, 0.4) is 0 Å². The molecular formula is C21H20ClFN4O2. The van der Waals surface area contributed by atoms with Crippen molar-refractivity contribution in [1.82, 2.24) is 15.3 Å². The van der Waals surface area contributed by atoms with Gasteiger partial charge in [0, 0.05) is 23.1 Å². The van der Waals surface area contributed by atoms with E-state index in [0.717, 1.165) is 11.1 Å². The number of halogens is 2. The maximum Gasteiger partial charge on any atom is 0.251 e. The normalized spacial score (nSPS) is 20.7. The van der Waals surface area contributed by atoms with E-state index in [9.17, 15) is 14.0 Å². The number of rotatable bonds is 4. The zero-order valence-electron chi connectivity index (χ0n) is 15.7. The summed E-state index contributed by atoms with van der Waals surface area (Å²) in [6.07, 6.45) is 3.91. The van der Waals surface area contributed by atoms with Crippen molar-refractivity contribution < 1.29 is 14.0 Å². The molecule has 0 spiro atoms. The largest absolute Gasteiger partial charge is 0.324 e. The molecule has 2 aromatic rings. The Hall–Kier alpha value is -2.90. The fourth-order valence-electron chi connectivity index (χ4n) is 3.55. The van der Waals surface area contributed by atoms with Gasteiger partial charge in [-0.2, -0.15) is 0 Å². The van der Waals surface area contributed by atoms with Gasteiger partial charge in [-0.25, -0.2) is 9.82 Å². The molecule has 6 nitrogen and oxygen atoms in total. The first-order valence-electron chi connectivity index (χ1n) is 9.25. The van der Waals surface area contributed by atoms with Gasteiger partial charge in [0.2, 0.25) is 5.91 Å². The molecule has 2 amide bonds. The molecule has 1 fully saturated rings. The summed E-state index contributed by atoms with van der Waals surface area (Å²) in [5.74, 6) is -0.978. The van der Waals surface area contributed by atoms with E-state index in [1.807, 2.05) is 24.3 Å². The van der Waals surface area contributed by atoms with Crippen LogP contribution in [-0.2, 0) is 9.59 Å². The van der Waals surface area contributed by atoms with Crippen LogP contribution >= 0.6 is 11.6 Å². The molecular weight excluding hydrogens is 395 g/mol. The van der Waals surface area contributed by atoms with Crippen LogP contribution in [0, 0.1) is 12.7 Å². The highest BCUT2D eigenvalue weighted by Gasteiger charge is 2.40. The molecule has 150 valence electrons. The van der Waals surface area contributed by atoms with Crippen LogP contribution in [0.1, 0.15) is 23.6 Å². The van der Waals surface area contributed by atoms with Crippen LogP contribution in [0.4, 0.5) is 10.1 Å². The number of fused-ring (bicyclic) bond motifs is 1. The fraction of sp³-hybridized carbons (Fsp3) is 0.238. The number of amides is 2. The number of carbonyl (C=O) groups excluding carboxylic acids is 2. The maximum absolute atomic E-state index is 13.4. The second-order valence-corrected chi connectivity index (χ2v) is 7.60.